The summed E-state index contributed by atoms with van der Waals surface area (Å²) in [6, 6.07) is 1.57. The van der Waals surface area contributed by atoms with Crippen LogP contribution in [0.15, 0.2) is 10.9 Å². The van der Waals surface area contributed by atoms with Crippen LogP contribution >= 0.6 is 0 Å². The maximum atomic E-state index is 11.7. The highest BCUT2D eigenvalue weighted by molar-refractivity contribution is 5.30. The molecule has 1 aliphatic rings. The van der Waals surface area contributed by atoms with Gasteiger partial charge in [-0.1, -0.05) is 19.8 Å². The molecule has 18 heavy (non-hydrogen) atoms. The topological polar surface area (TPSA) is 61.0 Å². The van der Waals surface area contributed by atoms with Crippen LogP contribution in [0, 0.1) is 0 Å². The molecule has 1 aromatic heterocycles. The Labute approximate surface area is 108 Å². The second kappa shape index (κ2) is 6.54. The molecule has 1 fully saturated rings. The Bertz CT molecular complexity index is 421. The summed E-state index contributed by atoms with van der Waals surface area (Å²) in [5.74, 6) is 0.734. The minimum Gasteiger partial charge on any atom is -0.342 e. The minimum absolute atomic E-state index is 0.0582. The van der Waals surface area contributed by atoms with Crippen LogP contribution in [0.3, 0.4) is 0 Å². The molecule has 0 unspecified atom stereocenters. The molecule has 0 aromatic carbocycles. The SMILES string of the molecule is CCNCc1cc(=O)[nH]c(N2CCCCCC2)n1. The molecule has 5 nitrogen and oxygen atoms in total. The summed E-state index contributed by atoms with van der Waals surface area (Å²) in [5.41, 5.74) is 0.761. The standard InChI is InChI=1S/C13H22N4O/c1-2-14-10-11-9-12(18)16-13(15-11)17-7-5-3-4-6-8-17/h9,14H,2-8,10H2,1H3,(H,15,16,18). The van der Waals surface area contributed by atoms with E-state index in [0.717, 1.165) is 31.3 Å². The van der Waals surface area contributed by atoms with Gasteiger partial charge in [-0.25, -0.2) is 4.98 Å². The fourth-order valence-corrected chi connectivity index (χ4v) is 2.27. The predicted molar refractivity (Wildman–Crippen MR) is 72.9 cm³/mol. The van der Waals surface area contributed by atoms with Crippen molar-refractivity contribution in [2.75, 3.05) is 24.5 Å². The first-order valence-electron chi connectivity index (χ1n) is 6.85. The molecule has 1 aromatic rings. The van der Waals surface area contributed by atoms with E-state index in [4.69, 9.17) is 0 Å². The second-order valence-electron chi connectivity index (χ2n) is 4.74. The average molecular weight is 250 g/mol. The lowest BCUT2D eigenvalue weighted by atomic mass is 10.2. The first-order valence-corrected chi connectivity index (χ1v) is 6.85. The van der Waals surface area contributed by atoms with Gasteiger partial charge in [-0.15, -0.1) is 0 Å². The van der Waals surface area contributed by atoms with E-state index in [0.29, 0.717) is 6.54 Å². The van der Waals surface area contributed by atoms with Crippen molar-refractivity contribution in [3.8, 4) is 0 Å². The van der Waals surface area contributed by atoms with Crippen LogP contribution in [-0.2, 0) is 6.54 Å². The van der Waals surface area contributed by atoms with Crippen molar-refractivity contribution in [1.29, 1.82) is 0 Å². The van der Waals surface area contributed by atoms with Crippen molar-refractivity contribution >= 4 is 5.95 Å². The van der Waals surface area contributed by atoms with Gasteiger partial charge in [0, 0.05) is 25.7 Å². The Kier molecular flexibility index (Phi) is 4.75. The van der Waals surface area contributed by atoms with Gasteiger partial charge < -0.3 is 10.2 Å². The molecule has 2 heterocycles. The molecule has 5 heteroatoms. The van der Waals surface area contributed by atoms with Crippen molar-refractivity contribution in [3.63, 3.8) is 0 Å². The fraction of sp³-hybridized carbons (Fsp3) is 0.692. The highest BCUT2D eigenvalue weighted by atomic mass is 16.1. The number of nitrogens with one attached hydrogen (secondary N) is 2. The maximum Gasteiger partial charge on any atom is 0.252 e. The van der Waals surface area contributed by atoms with Crippen LogP contribution in [0.25, 0.3) is 0 Å². The second-order valence-corrected chi connectivity index (χ2v) is 4.74. The summed E-state index contributed by atoms with van der Waals surface area (Å²) in [6.07, 6.45) is 4.91. The average Bonchev–Trinajstić information content (AvgIpc) is 2.64. The predicted octanol–water partition coefficient (Wildman–Crippen LogP) is 1.26. The van der Waals surface area contributed by atoms with Crippen molar-refractivity contribution < 1.29 is 0 Å². The van der Waals surface area contributed by atoms with Crippen LogP contribution in [0.2, 0.25) is 0 Å². The van der Waals surface area contributed by atoms with Gasteiger partial charge in [-0.2, -0.15) is 0 Å². The van der Waals surface area contributed by atoms with Gasteiger partial charge in [0.25, 0.3) is 5.56 Å². The normalized spacial score (nSPS) is 16.6. The van der Waals surface area contributed by atoms with Crippen LogP contribution in [-0.4, -0.2) is 29.6 Å². The molecule has 0 aliphatic carbocycles. The molecule has 0 atom stereocenters. The van der Waals surface area contributed by atoms with Gasteiger partial charge in [-0.05, 0) is 19.4 Å². The molecular weight excluding hydrogens is 228 g/mol. The first kappa shape index (κ1) is 13.1. The molecule has 0 amide bonds. The van der Waals surface area contributed by atoms with Crippen molar-refractivity contribution in [3.05, 3.63) is 22.1 Å². The van der Waals surface area contributed by atoms with Gasteiger partial charge in [-0.3, -0.25) is 9.78 Å². The van der Waals surface area contributed by atoms with Gasteiger partial charge in [0.05, 0.1) is 5.69 Å². The zero-order valence-corrected chi connectivity index (χ0v) is 11.0. The molecular formula is C13H22N4O. The number of aromatic nitrogens is 2. The molecule has 2 N–H and O–H groups in total. The summed E-state index contributed by atoms with van der Waals surface area (Å²) in [4.78, 5) is 21.2. The van der Waals surface area contributed by atoms with Crippen LogP contribution in [0.5, 0.6) is 0 Å². The molecule has 2 rings (SSSR count). The lowest BCUT2D eigenvalue weighted by molar-refractivity contribution is 0.696. The summed E-state index contributed by atoms with van der Waals surface area (Å²) < 4.78 is 0. The molecule has 0 spiro atoms. The highest BCUT2D eigenvalue weighted by Gasteiger charge is 2.12. The van der Waals surface area contributed by atoms with E-state index in [1.807, 2.05) is 6.92 Å². The molecule has 0 saturated carbocycles. The lowest BCUT2D eigenvalue weighted by Crippen LogP contribution is -2.29. The van der Waals surface area contributed by atoms with Gasteiger partial charge in [0.15, 0.2) is 0 Å². The molecule has 1 aliphatic heterocycles. The summed E-state index contributed by atoms with van der Waals surface area (Å²) in [5, 5.41) is 3.20. The van der Waals surface area contributed by atoms with E-state index >= 15 is 0 Å². The van der Waals surface area contributed by atoms with Crippen LogP contribution in [0.1, 0.15) is 38.3 Å². The molecule has 1 saturated heterocycles. The third-order valence-corrected chi connectivity index (χ3v) is 3.24. The Balaban J connectivity index is 2.15. The van der Waals surface area contributed by atoms with Crippen LogP contribution < -0.4 is 15.8 Å². The zero-order chi connectivity index (χ0) is 12.8. The Morgan fingerprint density at radius 1 is 1.33 bits per heavy atom. The number of nitrogens with zero attached hydrogens (tertiary/aromatic N) is 2. The number of aromatic amines is 1. The number of hydrogen-bond acceptors (Lipinski definition) is 4. The van der Waals surface area contributed by atoms with E-state index < -0.39 is 0 Å². The van der Waals surface area contributed by atoms with E-state index in [2.05, 4.69) is 20.2 Å². The first-order chi connectivity index (χ1) is 8.79. The minimum atomic E-state index is -0.0582. The van der Waals surface area contributed by atoms with Gasteiger partial charge in [0.1, 0.15) is 0 Å². The Hall–Kier alpha value is -1.36. The number of H-pyrrole nitrogens is 1. The summed E-state index contributed by atoms with van der Waals surface area (Å²) in [7, 11) is 0. The molecule has 100 valence electrons. The largest absolute Gasteiger partial charge is 0.342 e. The maximum absolute atomic E-state index is 11.7. The number of anilines is 1. The Morgan fingerprint density at radius 2 is 2.06 bits per heavy atom. The van der Waals surface area contributed by atoms with E-state index in [-0.39, 0.29) is 5.56 Å². The smallest absolute Gasteiger partial charge is 0.252 e. The highest BCUT2D eigenvalue weighted by Crippen LogP contribution is 2.14. The van der Waals surface area contributed by atoms with Crippen LogP contribution in [0.4, 0.5) is 5.95 Å². The van der Waals surface area contributed by atoms with Crippen molar-refractivity contribution in [2.24, 2.45) is 0 Å². The monoisotopic (exact) mass is 250 g/mol. The molecule has 0 radical (unpaired) electrons. The lowest BCUT2D eigenvalue weighted by Gasteiger charge is -2.21. The van der Waals surface area contributed by atoms with Gasteiger partial charge >= 0.3 is 0 Å². The van der Waals surface area contributed by atoms with Gasteiger partial charge in [0.2, 0.25) is 5.95 Å². The zero-order valence-electron chi connectivity index (χ0n) is 11.0. The molecule has 0 bridgehead atoms. The number of hydrogen-bond donors (Lipinski definition) is 2. The fourth-order valence-electron chi connectivity index (χ4n) is 2.27. The van der Waals surface area contributed by atoms with E-state index in [9.17, 15) is 4.79 Å². The van der Waals surface area contributed by atoms with E-state index in [1.54, 1.807) is 6.07 Å². The Morgan fingerprint density at radius 3 is 2.72 bits per heavy atom. The summed E-state index contributed by atoms with van der Waals surface area (Å²) >= 11 is 0. The van der Waals surface area contributed by atoms with Crippen molar-refractivity contribution in [1.82, 2.24) is 15.3 Å². The quantitative estimate of drug-likeness (QED) is 0.844. The third-order valence-electron chi connectivity index (χ3n) is 3.24. The van der Waals surface area contributed by atoms with Crippen molar-refractivity contribution in [2.45, 2.75) is 39.2 Å². The number of rotatable bonds is 4. The third kappa shape index (κ3) is 3.57. The summed E-state index contributed by atoms with van der Waals surface area (Å²) in [6.45, 7) is 5.57. The van der Waals surface area contributed by atoms with E-state index in [1.165, 1.54) is 25.7 Å².